The number of aliphatic hydroxyl groups is 1. The van der Waals surface area contributed by atoms with Gasteiger partial charge in [-0.2, -0.15) is 0 Å². The van der Waals surface area contributed by atoms with Gasteiger partial charge in [-0.25, -0.2) is 4.79 Å². The summed E-state index contributed by atoms with van der Waals surface area (Å²) in [6, 6.07) is -5.58. The standard InChI is InChI=1S/C17H28N4O10/c1-7(19-16(29)13(18)8(2)22)14(27)20-9(3-5-11(23)24)15(28)21-10(17(30)31)4-6-12(25)26/h7-10,13,22H,3-6,18H2,1-2H3,(H,19,29)(H,20,27)(H,21,28)(H,23,24)(H,25,26)(H,30,31)/t7-,8+,9-,10-,13-/m0/s1. The number of carboxylic acids is 3. The van der Waals surface area contributed by atoms with Crippen LogP contribution >= 0.6 is 0 Å². The van der Waals surface area contributed by atoms with Crippen LogP contribution in [0.5, 0.6) is 0 Å². The van der Waals surface area contributed by atoms with E-state index in [1.165, 1.54) is 13.8 Å². The fraction of sp³-hybridized carbons (Fsp3) is 0.647. The van der Waals surface area contributed by atoms with Crippen molar-refractivity contribution in [1.82, 2.24) is 16.0 Å². The van der Waals surface area contributed by atoms with Gasteiger partial charge in [-0.15, -0.1) is 0 Å². The van der Waals surface area contributed by atoms with E-state index in [1.54, 1.807) is 0 Å². The molecule has 0 fully saturated rings. The molecule has 31 heavy (non-hydrogen) atoms. The van der Waals surface area contributed by atoms with E-state index in [2.05, 4.69) is 16.0 Å². The minimum absolute atomic E-state index is 0.397. The van der Waals surface area contributed by atoms with E-state index in [0.717, 1.165) is 0 Å². The van der Waals surface area contributed by atoms with Crippen LogP contribution in [0.3, 0.4) is 0 Å². The van der Waals surface area contributed by atoms with Crippen LogP contribution in [-0.2, 0) is 28.8 Å². The van der Waals surface area contributed by atoms with E-state index in [9.17, 15) is 33.9 Å². The molecule has 0 bridgehead atoms. The Balaban J connectivity index is 5.22. The Bertz CT molecular complexity index is 696. The second-order valence-electron chi connectivity index (χ2n) is 6.82. The lowest BCUT2D eigenvalue weighted by Crippen LogP contribution is -2.57. The number of rotatable bonds is 14. The zero-order valence-corrected chi connectivity index (χ0v) is 17.0. The predicted molar refractivity (Wildman–Crippen MR) is 102 cm³/mol. The van der Waals surface area contributed by atoms with Crippen LogP contribution in [-0.4, -0.2) is 86.3 Å². The molecule has 3 amide bonds. The molecular weight excluding hydrogens is 420 g/mol. The Hall–Kier alpha value is -3.26. The SMILES string of the molecule is C[C@H](NC(=O)[C@@H](N)[C@@H](C)O)C(=O)N[C@@H](CCC(=O)O)C(=O)N[C@@H](CCC(=O)O)C(=O)O. The Morgan fingerprint density at radius 3 is 1.61 bits per heavy atom. The van der Waals surface area contributed by atoms with Crippen molar-refractivity contribution in [3.05, 3.63) is 0 Å². The summed E-state index contributed by atoms with van der Waals surface area (Å²) in [5.74, 6) is -6.84. The van der Waals surface area contributed by atoms with Gasteiger partial charge in [-0.1, -0.05) is 0 Å². The van der Waals surface area contributed by atoms with Crippen molar-refractivity contribution in [1.29, 1.82) is 0 Å². The molecule has 176 valence electrons. The van der Waals surface area contributed by atoms with Crippen LogP contribution < -0.4 is 21.7 Å². The number of carbonyl (C=O) groups excluding carboxylic acids is 3. The molecule has 0 aromatic heterocycles. The molecule has 0 rings (SSSR count). The van der Waals surface area contributed by atoms with E-state index in [1.807, 2.05) is 0 Å². The monoisotopic (exact) mass is 448 g/mol. The molecule has 0 aliphatic carbocycles. The van der Waals surface area contributed by atoms with Gasteiger partial charge < -0.3 is 42.1 Å². The summed E-state index contributed by atoms with van der Waals surface area (Å²) < 4.78 is 0. The van der Waals surface area contributed by atoms with Crippen LogP contribution in [0.15, 0.2) is 0 Å². The summed E-state index contributed by atoms with van der Waals surface area (Å²) in [5, 5.41) is 42.4. The first-order chi connectivity index (χ1) is 14.3. The highest BCUT2D eigenvalue weighted by atomic mass is 16.4. The molecule has 0 saturated carbocycles. The lowest BCUT2D eigenvalue weighted by atomic mass is 10.1. The van der Waals surface area contributed by atoms with Crippen molar-refractivity contribution in [3.63, 3.8) is 0 Å². The lowest BCUT2D eigenvalue weighted by Gasteiger charge is -2.23. The maximum Gasteiger partial charge on any atom is 0.326 e. The van der Waals surface area contributed by atoms with Crippen molar-refractivity contribution in [2.75, 3.05) is 0 Å². The van der Waals surface area contributed by atoms with Crippen molar-refractivity contribution >= 4 is 35.6 Å². The third-order valence-corrected chi connectivity index (χ3v) is 4.12. The summed E-state index contributed by atoms with van der Waals surface area (Å²) in [6.07, 6.45) is -3.11. The molecule has 14 heteroatoms. The quantitative estimate of drug-likeness (QED) is 0.133. The summed E-state index contributed by atoms with van der Waals surface area (Å²) >= 11 is 0. The van der Waals surface area contributed by atoms with E-state index in [4.69, 9.17) is 21.1 Å². The highest BCUT2D eigenvalue weighted by molar-refractivity contribution is 5.94. The average Bonchev–Trinajstić information content (AvgIpc) is 2.66. The number of hydrogen-bond donors (Lipinski definition) is 8. The first-order valence-corrected chi connectivity index (χ1v) is 9.27. The fourth-order valence-corrected chi connectivity index (χ4v) is 2.23. The van der Waals surface area contributed by atoms with E-state index >= 15 is 0 Å². The first-order valence-electron chi connectivity index (χ1n) is 9.27. The molecule has 0 radical (unpaired) electrons. The van der Waals surface area contributed by atoms with Gasteiger partial charge >= 0.3 is 17.9 Å². The number of nitrogens with one attached hydrogen (secondary N) is 3. The largest absolute Gasteiger partial charge is 0.481 e. The molecule has 0 heterocycles. The third-order valence-electron chi connectivity index (χ3n) is 4.12. The van der Waals surface area contributed by atoms with Gasteiger partial charge in [-0.05, 0) is 26.7 Å². The minimum atomic E-state index is -1.58. The molecule has 0 aromatic rings. The number of amides is 3. The topological polar surface area (TPSA) is 245 Å². The van der Waals surface area contributed by atoms with Gasteiger partial charge in [0, 0.05) is 12.8 Å². The minimum Gasteiger partial charge on any atom is -0.481 e. The third kappa shape index (κ3) is 10.9. The van der Waals surface area contributed by atoms with Crippen LogP contribution in [0.25, 0.3) is 0 Å². The van der Waals surface area contributed by atoms with Crippen molar-refractivity contribution in [3.8, 4) is 0 Å². The Labute approximate surface area is 177 Å². The van der Waals surface area contributed by atoms with Crippen LogP contribution in [0.4, 0.5) is 0 Å². The number of aliphatic carboxylic acids is 3. The lowest BCUT2D eigenvalue weighted by molar-refractivity contribution is -0.144. The summed E-state index contributed by atoms with van der Waals surface area (Å²) in [5.41, 5.74) is 5.45. The van der Waals surface area contributed by atoms with Gasteiger partial charge in [0.2, 0.25) is 17.7 Å². The van der Waals surface area contributed by atoms with E-state index in [-0.39, 0.29) is 0 Å². The molecule has 0 aliphatic heterocycles. The maximum absolute atomic E-state index is 12.4. The fourth-order valence-electron chi connectivity index (χ4n) is 2.23. The Kier molecular flexibility index (Phi) is 11.7. The number of nitrogens with two attached hydrogens (primary N) is 1. The second-order valence-corrected chi connectivity index (χ2v) is 6.82. The van der Waals surface area contributed by atoms with Gasteiger partial charge in [0.1, 0.15) is 24.2 Å². The molecule has 0 aliphatic rings. The van der Waals surface area contributed by atoms with Gasteiger partial charge in [0.25, 0.3) is 0 Å². The zero-order valence-electron chi connectivity index (χ0n) is 17.0. The second kappa shape index (κ2) is 13.1. The van der Waals surface area contributed by atoms with Crippen LogP contribution in [0.2, 0.25) is 0 Å². The Morgan fingerprint density at radius 1 is 0.742 bits per heavy atom. The highest BCUT2D eigenvalue weighted by Crippen LogP contribution is 2.04. The molecule has 0 spiro atoms. The normalized spacial score (nSPS) is 15.5. The van der Waals surface area contributed by atoms with E-state index < -0.39 is 91.6 Å². The van der Waals surface area contributed by atoms with Gasteiger partial charge in [0.05, 0.1) is 6.10 Å². The number of aliphatic hydroxyl groups excluding tert-OH is 1. The maximum atomic E-state index is 12.4. The zero-order chi connectivity index (χ0) is 24.3. The summed E-state index contributed by atoms with van der Waals surface area (Å²) in [6.45, 7) is 2.52. The summed E-state index contributed by atoms with van der Waals surface area (Å²) in [4.78, 5) is 69.3. The van der Waals surface area contributed by atoms with Crippen LogP contribution in [0.1, 0.15) is 39.5 Å². The number of hydrogen-bond acceptors (Lipinski definition) is 8. The Morgan fingerprint density at radius 2 is 1.19 bits per heavy atom. The highest BCUT2D eigenvalue weighted by Gasteiger charge is 2.29. The molecule has 0 aromatic carbocycles. The van der Waals surface area contributed by atoms with Crippen LogP contribution in [0, 0.1) is 0 Å². The molecule has 0 saturated heterocycles. The molecular formula is C17H28N4O10. The van der Waals surface area contributed by atoms with Gasteiger partial charge in [-0.3, -0.25) is 24.0 Å². The first kappa shape index (κ1) is 27.7. The molecule has 9 N–H and O–H groups in total. The summed E-state index contributed by atoms with van der Waals surface area (Å²) in [7, 11) is 0. The average molecular weight is 448 g/mol. The van der Waals surface area contributed by atoms with Gasteiger partial charge in [0.15, 0.2) is 0 Å². The molecule has 0 unspecified atom stereocenters. The number of carbonyl (C=O) groups is 6. The predicted octanol–water partition coefficient (Wildman–Crippen LogP) is -3.02. The van der Waals surface area contributed by atoms with Crippen molar-refractivity contribution in [2.45, 2.75) is 69.8 Å². The molecule has 14 nitrogen and oxygen atoms in total. The van der Waals surface area contributed by atoms with Crippen molar-refractivity contribution < 1.29 is 49.2 Å². The van der Waals surface area contributed by atoms with Crippen molar-refractivity contribution in [2.24, 2.45) is 5.73 Å². The molecule has 5 atom stereocenters. The van der Waals surface area contributed by atoms with E-state index in [0.29, 0.717) is 0 Å². The smallest absolute Gasteiger partial charge is 0.326 e. The number of carboxylic acid groups (broad SMARTS) is 3.